The lowest BCUT2D eigenvalue weighted by molar-refractivity contribution is 0.631. The van der Waals surface area contributed by atoms with Crippen molar-refractivity contribution in [2.45, 2.75) is 26.1 Å². The summed E-state index contributed by atoms with van der Waals surface area (Å²) in [6.07, 6.45) is 0.982. The van der Waals surface area contributed by atoms with Gasteiger partial charge in [0.1, 0.15) is 10.5 Å². The van der Waals surface area contributed by atoms with E-state index in [2.05, 4.69) is 23.8 Å². The first-order valence-electron chi connectivity index (χ1n) is 4.27. The molecule has 1 heterocycles. The van der Waals surface area contributed by atoms with Gasteiger partial charge in [0.05, 0.1) is 5.88 Å². The smallest absolute Gasteiger partial charge is 0.130 e. The summed E-state index contributed by atoms with van der Waals surface area (Å²) in [6, 6.07) is 1.89. The van der Waals surface area contributed by atoms with Crippen molar-refractivity contribution >= 4 is 23.8 Å². The number of H-pyrrole nitrogens is 1. The molecule has 4 heteroatoms. The molecule has 0 aliphatic rings. The second kappa shape index (κ2) is 4.72. The fourth-order valence-corrected chi connectivity index (χ4v) is 1.56. The van der Waals surface area contributed by atoms with Crippen LogP contribution in [0, 0.1) is 10.6 Å². The molecule has 1 aromatic heterocycles. The maximum Gasteiger partial charge on any atom is 0.130 e. The van der Waals surface area contributed by atoms with Gasteiger partial charge in [-0.25, -0.2) is 4.98 Å². The number of nitrogens with one attached hydrogen (secondary N) is 1. The van der Waals surface area contributed by atoms with Gasteiger partial charge in [0.15, 0.2) is 0 Å². The molecule has 0 saturated carbocycles. The van der Waals surface area contributed by atoms with E-state index in [0.717, 1.165) is 17.9 Å². The van der Waals surface area contributed by atoms with Crippen molar-refractivity contribution in [2.75, 3.05) is 0 Å². The third-order valence-electron chi connectivity index (χ3n) is 1.60. The van der Waals surface area contributed by atoms with Crippen LogP contribution in [-0.4, -0.2) is 9.97 Å². The molecular weight excluding hydrogens is 204 g/mol. The average Bonchev–Trinajstić information content (AvgIpc) is 2.01. The fraction of sp³-hybridized carbons (Fsp3) is 0.556. The highest BCUT2D eigenvalue weighted by atomic mass is 35.5. The van der Waals surface area contributed by atoms with Gasteiger partial charge in [-0.05, 0) is 18.4 Å². The summed E-state index contributed by atoms with van der Waals surface area (Å²) in [6.45, 7) is 4.33. The highest BCUT2D eigenvalue weighted by molar-refractivity contribution is 7.71. The molecule has 0 amide bonds. The Morgan fingerprint density at radius 3 is 2.85 bits per heavy atom. The van der Waals surface area contributed by atoms with E-state index in [-0.39, 0.29) is 0 Å². The quantitative estimate of drug-likeness (QED) is 0.622. The third kappa shape index (κ3) is 3.44. The first-order chi connectivity index (χ1) is 6.11. The number of aromatic amines is 1. The molecule has 2 nitrogen and oxygen atoms in total. The second-order valence-electron chi connectivity index (χ2n) is 3.42. The summed E-state index contributed by atoms with van der Waals surface area (Å²) < 4.78 is 0.616. The zero-order valence-corrected chi connectivity index (χ0v) is 9.37. The van der Waals surface area contributed by atoms with E-state index >= 15 is 0 Å². The second-order valence-corrected chi connectivity index (χ2v) is 4.11. The SMILES string of the molecule is CC(C)Cc1cc(=S)nc(CCl)[nH]1. The van der Waals surface area contributed by atoms with E-state index in [9.17, 15) is 0 Å². The van der Waals surface area contributed by atoms with Crippen molar-refractivity contribution in [3.8, 4) is 0 Å². The summed E-state index contributed by atoms with van der Waals surface area (Å²) in [5.41, 5.74) is 1.12. The Kier molecular flexibility index (Phi) is 3.88. The summed E-state index contributed by atoms with van der Waals surface area (Å²) in [5.74, 6) is 1.75. The highest BCUT2D eigenvalue weighted by Gasteiger charge is 2.00. The highest BCUT2D eigenvalue weighted by Crippen LogP contribution is 2.06. The van der Waals surface area contributed by atoms with Crippen LogP contribution in [0.3, 0.4) is 0 Å². The molecule has 0 atom stereocenters. The number of hydrogen-bond acceptors (Lipinski definition) is 2. The molecular formula is C9H13ClN2S. The summed E-state index contributed by atoms with van der Waals surface area (Å²) >= 11 is 10.7. The number of aromatic nitrogens is 2. The summed E-state index contributed by atoms with van der Waals surface area (Å²) in [7, 11) is 0. The molecule has 1 N–H and O–H groups in total. The lowest BCUT2D eigenvalue weighted by atomic mass is 10.1. The molecule has 0 aromatic carbocycles. The molecule has 13 heavy (non-hydrogen) atoms. The van der Waals surface area contributed by atoms with Crippen LogP contribution < -0.4 is 0 Å². The third-order valence-corrected chi connectivity index (χ3v) is 2.06. The maximum absolute atomic E-state index is 5.67. The summed E-state index contributed by atoms with van der Waals surface area (Å²) in [5, 5.41) is 0. The van der Waals surface area contributed by atoms with E-state index in [1.807, 2.05) is 6.07 Å². The minimum Gasteiger partial charge on any atom is -0.346 e. The van der Waals surface area contributed by atoms with Crippen LogP contribution >= 0.6 is 23.8 Å². The lowest BCUT2D eigenvalue weighted by Gasteiger charge is -2.06. The molecule has 1 rings (SSSR count). The van der Waals surface area contributed by atoms with Crippen LogP contribution in [0.15, 0.2) is 6.07 Å². The normalized spacial score (nSPS) is 10.8. The molecule has 1 aromatic rings. The van der Waals surface area contributed by atoms with E-state index < -0.39 is 0 Å². The molecule has 0 unspecified atom stereocenters. The fourth-order valence-electron chi connectivity index (χ4n) is 1.18. The zero-order chi connectivity index (χ0) is 9.84. The van der Waals surface area contributed by atoms with Crippen LogP contribution in [0.1, 0.15) is 25.4 Å². The number of halogens is 1. The monoisotopic (exact) mass is 216 g/mol. The van der Waals surface area contributed by atoms with Crippen molar-refractivity contribution in [2.24, 2.45) is 5.92 Å². The number of rotatable bonds is 3. The molecule has 0 spiro atoms. The van der Waals surface area contributed by atoms with Crippen molar-refractivity contribution in [1.29, 1.82) is 0 Å². The Balaban J connectivity index is 2.95. The first-order valence-corrected chi connectivity index (χ1v) is 5.21. The Hall–Kier alpha value is -0.410. The van der Waals surface area contributed by atoms with Crippen molar-refractivity contribution in [3.05, 3.63) is 22.2 Å². The average molecular weight is 217 g/mol. The molecule has 0 radical (unpaired) electrons. The van der Waals surface area contributed by atoms with Crippen LogP contribution in [0.5, 0.6) is 0 Å². The molecule has 0 bridgehead atoms. The van der Waals surface area contributed by atoms with Crippen molar-refractivity contribution in [3.63, 3.8) is 0 Å². The lowest BCUT2D eigenvalue weighted by Crippen LogP contribution is -2.01. The van der Waals surface area contributed by atoms with Crippen LogP contribution in [0.25, 0.3) is 0 Å². The van der Waals surface area contributed by atoms with Crippen LogP contribution in [-0.2, 0) is 12.3 Å². The van der Waals surface area contributed by atoms with Gasteiger partial charge in [-0.3, -0.25) is 0 Å². The van der Waals surface area contributed by atoms with Gasteiger partial charge in [0, 0.05) is 5.69 Å². The van der Waals surface area contributed by atoms with E-state index in [0.29, 0.717) is 16.4 Å². The summed E-state index contributed by atoms with van der Waals surface area (Å²) in [4.78, 5) is 7.24. The molecule has 0 saturated heterocycles. The predicted octanol–water partition coefficient (Wildman–Crippen LogP) is 3.08. The number of hydrogen-bond donors (Lipinski definition) is 1. The van der Waals surface area contributed by atoms with Gasteiger partial charge in [0.25, 0.3) is 0 Å². The largest absolute Gasteiger partial charge is 0.346 e. The number of alkyl halides is 1. The zero-order valence-electron chi connectivity index (χ0n) is 7.80. The van der Waals surface area contributed by atoms with Gasteiger partial charge < -0.3 is 4.98 Å². The standard InChI is InChI=1S/C9H13ClN2S/c1-6(2)3-7-4-9(13)12-8(5-10)11-7/h4,6H,3,5H2,1-2H3,(H,11,12,13). The predicted molar refractivity (Wildman–Crippen MR) is 57.5 cm³/mol. The molecule has 0 aliphatic carbocycles. The Morgan fingerprint density at radius 2 is 2.31 bits per heavy atom. The van der Waals surface area contributed by atoms with Gasteiger partial charge in [-0.2, -0.15) is 0 Å². The molecule has 0 fully saturated rings. The van der Waals surface area contributed by atoms with Gasteiger partial charge in [-0.1, -0.05) is 26.1 Å². The van der Waals surface area contributed by atoms with Crippen molar-refractivity contribution < 1.29 is 0 Å². The van der Waals surface area contributed by atoms with Gasteiger partial charge >= 0.3 is 0 Å². The van der Waals surface area contributed by atoms with Gasteiger partial charge in [-0.15, -0.1) is 11.6 Å². The van der Waals surface area contributed by atoms with Crippen molar-refractivity contribution in [1.82, 2.24) is 9.97 Å². The van der Waals surface area contributed by atoms with Crippen LogP contribution in [0.2, 0.25) is 0 Å². The topological polar surface area (TPSA) is 28.7 Å². The minimum atomic E-state index is 0.384. The Bertz CT molecular complexity index is 333. The molecule has 0 aliphatic heterocycles. The van der Waals surface area contributed by atoms with Gasteiger partial charge in [0.2, 0.25) is 0 Å². The minimum absolute atomic E-state index is 0.384. The first kappa shape index (κ1) is 10.7. The Labute approximate surface area is 88.4 Å². The number of nitrogens with zero attached hydrogens (tertiary/aromatic N) is 1. The van der Waals surface area contributed by atoms with Crippen LogP contribution in [0.4, 0.5) is 0 Å². The van der Waals surface area contributed by atoms with E-state index in [4.69, 9.17) is 23.8 Å². The Morgan fingerprint density at radius 1 is 1.62 bits per heavy atom. The van der Waals surface area contributed by atoms with E-state index in [1.54, 1.807) is 0 Å². The van der Waals surface area contributed by atoms with E-state index in [1.165, 1.54) is 0 Å². The molecule has 72 valence electrons. The maximum atomic E-state index is 5.67.